The van der Waals surface area contributed by atoms with Gasteiger partial charge in [0.05, 0.1) is 6.42 Å². The highest BCUT2D eigenvalue weighted by Crippen LogP contribution is 2.24. The van der Waals surface area contributed by atoms with Crippen LogP contribution in [0.3, 0.4) is 0 Å². The Morgan fingerprint density at radius 1 is 1.56 bits per heavy atom. The summed E-state index contributed by atoms with van der Waals surface area (Å²) in [6, 6.07) is 0. The Morgan fingerprint density at radius 3 is 2.62 bits per heavy atom. The Hall–Kier alpha value is -0.630. The average Bonchev–Trinajstić information content (AvgIpc) is 2.55. The van der Waals surface area contributed by atoms with Crippen molar-refractivity contribution in [2.24, 2.45) is 0 Å². The number of carboxylic acid groups (broad SMARTS) is 1. The summed E-state index contributed by atoms with van der Waals surface area (Å²) in [5.74, 6) is -1.000. The largest absolute Gasteiger partial charge is 0.481 e. The van der Waals surface area contributed by atoms with Crippen LogP contribution in [-0.2, 0) is 4.79 Å². The van der Waals surface area contributed by atoms with E-state index in [4.69, 9.17) is 5.11 Å². The van der Waals surface area contributed by atoms with Crippen molar-refractivity contribution in [2.45, 2.75) is 13.3 Å². The number of aryl methyl sites for hydroxylation is 1. The lowest BCUT2D eigenvalue weighted by atomic mass is 10.3. The van der Waals surface area contributed by atoms with Crippen molar-refractivity contribution in [1.82, 2.24) is 4.90 Å². The number of thiophene rings is 1. The molecule has 0 aliphatic carbocycles. The summed E-state index contributed by atoms with van der Waals surface area (Å²) < 4.78 is 0.953. The second kappa shape index (κ2) is 5.62. The highest BCUT2D eigenvalue weighted by molar-refractivity contribution is 14.1. The van der Waals surface area contributed by atoms with Crippen LogP contribution in [0.2, 0.25) is 0 Å². The standard InChI is InChI=1S/C10H12INO3S/c1-6-5-16-9(8(6)11)10(15)12(2)4-3-7(13)14/h5H,3-4H2,1-2H3,(H,13,14). The van der Waals surface area contributed by atoms with E-state index in [2.05, 4.69) is 22.6 Å². The van der Waals surface area contributed by atoms with Crippen LogP contribution in [0, 0.1) is 10.5 Å². The first-order chi connectivity index (χ1) is 7.43. The lowest BCUT2D eigenvalue weighted by molar-refractivity contribution is -0.137. The lowest BCUT2D eigenvalue weighted by Crippen LogP contribution is -2.28. The summed E-state index contributed by atoms with van der Waals surface area (Å²) in [7, 11) is 1.62. The maximum atomic E-state index is 11.9. The molecule has 0 saturated heterocycles. The summed E-state index contributed by atoms with van der Waals surface area (Å²) in [5.41, 5.74) is 1.08. The van der Waals surface area contributed by atoms with Crippen molar-refractivity contribution in [2.75, 3.05) is 13.6 Å². The monoisotopic (exact) mass is 353 g/mol. The smallest absolute Gasteiger partial charge is 0.305 e. The van der Waals surface area contributed by atoms with Gasteiger partial charge in [0.2, 0.25) is 0 Å². The van der Waals surface area contributed by atoms with Gasteiger partial charge in [-0.15, -0.1) is 11.3 Å². The number of nitrogens with zero attached hydrogens (tertiary/aromatic N) is 1. The number of rotatable bonds is 4. The normalized spacial score (nSPS) is 10.2. The number of halogens is 1. The second-order valence-electron chi connectivity index (χ2n) is 3.43. The third-order valence-corrected chi connectivity index (χ3v) is 4.94. The van der Waals surface area contributed by atoms with E-state index >= 15 is 0 Å². The molecule has 0 aliphatic rings. The van der Waals surface area contributed by atoms with Gasteiger partial charge in [0.1, 0.15) is 4.88 Å². The fourth-order valence-electron chi connectivity index (χ4n) is 1.11. The van der Waals surface area contributed by atoms with E-state index in [1.54, 1.807) is 7.05 Å². The van der Waals surface area contributed by atoms with Crippen LogP contribution < -0.4 is 0 Å². The van der Waals surface area contributed by atoms with E-state index in [1.165, 1.54) is 16.2 Å². The molecule has 0 bridgehead atoms. The molecule has 0 atom stereocenters. The van der Waals surface area contributed by atoms with E-state index < -0.39 is 5.97 Å². The quantitative estimate of drug-likeness (QED) is 0.845. The number of carbonyl (C=O) groups is 2. The molecule has 1 rings (SSSR count). The molecule has 0 unspecified atom stereocenters. The van der Waals surface area contributed by atoms with Crippen LogP contribution in [0.25, 0.3) is 0 Å². The minimum atomic E-state index is -0.892. The molecule has 0 aliphatic heterocycles. The number of amides is 1. The lowest BCUT2D eigenvalue weighted by Gasteiger charge is -2.15. The third-order valence-electron chi connectivity index (χ3n) is 2.10. The maximum Gasteiger partial charge on any atom is 0.305 e. The molecule has 1 aromatic rings. The molecule has 1 aromatic heterocycles. The summed E-state index contributed by atoms with van der Waals surface area (Å²) >= 11 is 3.54. The van der Waals surface area contributed by atoms with Gasteiger partial charge in [-0.3, -0.25) is 9.59 Å². The van der Waals surface area contributed by atoms with Crippen molar-refractivity contribution in [3.63, 3.8) is 0 Å². The van der Waals surface area contributed by atoms with Crippen molar-refractivity contribution in [3.05, 3.63) is 19.4 Å². The molecule has 0 saturated carbocycles. The van der Waals surface area contributed by atoms with Crippen LogP contribution in [-0.4, -0.2) is 35.5 Å². The summed E-state index contributed by atoms with van der Waals surface area (Å²) in [6.45, 7) is 2.19. The predicted molar refractivity (Wildman–Crippen MR) is 71.0 cm³/mol. The van der Waals surface area contributed by atoms with Gasteiger partial charge in [0.15, 0.2) is 0 Å². The van der Waals surface area contributed by atoms with Crippen LogP contribution in [0.1, 0.15) is 21.7 Å². The summed E-state index contributed by atoms with van der Waals surface area (Å²) in [4.78, 5) is 24.5. The second-order valence-corrected chi connectivity index (χ2v) is 5.39. The first-order valence-corrected chi connectivity index (χ1v) is 6.60. The van der Waals surface area contributed by atoms with Crippen molar-refractivity contribution < 1.29 is 14.7 Å². The third kappa shape index (κ3) is 3.18. The molecule has 0 aromatic carbocycles. The van der Waals surface area contributed by atoms with Gasteiger partial charge >= 0.3 is 5.97 Å². The Kier molecular flexibility index (Phi) is 4.72. The first kappa shape index (κ1) is 13.4. The SMILES string of the molecule is Cc1csc(C(=O)N(C)CCC(=O)O)c1I. The molecule has 1 heterocycles. The van der Waals surface area contributed by atoms with E-state index in [1.807, 2.05) is 12.3 Å². The highest BCUT2D eigenvalue weighted by atomic mass is 127. The molecule has 4 nitrogen and oxygen atoms in total. The summed E-state index contributed by atoms with van der Waals surface area (Å²) in [5, 5.41) is 10.5. The number of hydrogen-bond donors (Lipinski definition) is 1. The molecule has 1 amide bonds. The predicted octanol–water partition coefficient (Wildman–Crippen LogP) is 2.21. The topological polar surface area (TPSA) is 57.6 Å². The first-order valence-electron chi connectivity index (χ1n) is 4.64. The van der Waals surface area contributed by atoms with E-state index in [9.17, 15) is 9.59 Å². The van der Waals surface area contributed by atoms with Crippen LogP contribution in [0.4, 0.5) is 0 Å². The highest BCUT2D eigenvalue weighted by Gasteiger charge is 2.18. The molecule has 0 fully saturated rings. The van der Waals surface area contributed by atoms with Crippen LogP contribution in [0.15, 0.2) is 5.38 Å². The average molecular weight is 353 g/mol. The zero-order valence-electron chi connectivity index (χ0n) is 8.99. The van der Waals surface area contributed by atoms with Gasteiger partial charge in [-0.25, -0.2) is 0 Å². The van der Waals surface area contributed by atoms with Gasteiger partial charge in [0, 0.05) is 17.2 Å². The van der Waals surface area contributed by atoms with Gasteiger partial charge in [0.25, 0.3) is 5.91 Å². The Balaban J connectivity index is 2.71. The van der Waals surface area contributed by atoms with Crippen molar-refractivity contribution in [3.8, 4) is 0 Å². The molecule has 88 valence electrons. The maximum absolute atomic E-state index is 11.9. The van der Waals surface area contributed by atoms with Crippen LogP contribution in [0.5, 0.6) is 0 Å². The molecular weight excluding hydrogens is 341 g/mol. The van der Waals surface area contributed by atoms with Crippen molar-refractivity contribution >= 4 is 45.8 Å². The Labute approximate surface area is 111 Å². The Bertz CT molecular complexity index is 416. The van der Waals surface area contributed by atoms with E-state index in [0.717, 1.165) is 9.13 Å². The fraction of sp³-hybridized carbons (Fsp3) is 0.400. The van der Waals surface area contributed by atoms with Gasteiger partial charge < -0.3 is 10.0 Å². The molecule has 0 radical (unpaired) electrons. The van der Waals surface area contributed by atoms with E-state index in [0.29, 0.717) is 4.88 Å². The van der Waals surface area contributed by atoms with Crippen molar-refractivity contribution in [1.29, 1.82) is 0 Å². The zero-order valence-corrected chi connectivity index (χ0v) is 12.0. The molecular formula is C10H12INO3S. The molecule has 0 spiro atoms. The zero-order chi connectivity index (χ0) is 12.3. The number of hydrogen-bond acceptors (Lipinski definition) is 3. The minimum absolute atomic E-state index is 0.0246. The van der Waals surface area contributed by atoms with Gasteiger partial charge in [-0.05, 0) is 40.5 Å². The van der Waals surface area contributed by atoms with Gasteiger partial charge in [-0.1, -0.05) is 0 Å². The summed E-state index contributed by atoms with van der Waals surface area (Å²) in [6.07, 6.45) is -0.0246. The molecule has 16 heavy (non-hydrogen) atoms. The number of aliphatic carboxylic acids is 1. The minimum Gasteiger partial charge on any atom is -0.481 e. The number of carbonyl (C=O) groups excluding carboxylic acids is 1. The van der Waals surface area contributed by atoms with Crippen LogP contribution >= 0.6 is 33.9 Å². The Morgan fingerprint density at radius 2 is 2.19 bits per heavy atom. The van der Waals surface area contributed by atoms with Gasteiger partial charge in [-0.2, -0.15) is 0 Å². The van der Waals surface area contributed by atoms with E-state index in [-0.39, 0.29) is 18.9 Å². The molecule has 1 N–H and O–H groups in total. The number of carboxylic acids is 1. The fourth-order valence-corrected chi connectivity index (χ4v) is 3.03. The molecule has 6 heteroatoms.